The number of fused-ring (bicyclic) bond motifs is 3. The monoisotopic (exact) mass is 797 g/mol. The highest BCUT2D eigenvalue weighted by Gasteiger charge is 2.35. The average molecular weight is 798 g/mol. The van der Waals surface area contributed by atoms with Gasteiger partial charge in [-0.1, -0.05) is 12.1 Å². The molecule has 3 aromatic heterocycles. The predicted octanol–water partition coefficient (Wildman–Crippen LogP) is 3.20. The molecule has 3 saturated heterocycles. The van der Waals surface area contributed by atoms with Crippen molar-refractivity contribution in [1.29, 1.82) is 0 Å². The summed E-state index contributed by atoms with van der Waals surface area (Å²) < 4.78 is 7.52. The number of hydrogen-bond donors (Lipinski definition) is 3. The molecule has 17 heteroatoms. The molecule has 2 aromatic carbocycles. The molecule has 5 aliphatic heterocycles. The highest BCUT2D eigenvalue weighted by atomic mass is 16.5. The second-order valence-electron chi connectivity index (χ2n) is 15.9. The van der Waals surface area contributed by atoms with Gasteiger partial charge in [0.05, 0.1) is 36.1 Å². The lowest BCUT2D eigenvalue weighted by Crippen LogP contribution is -2.63. The Bertz CT molecular complexity index is 2460. The van der Waals surface area contributed by atoms with Gasteiger partial charge in [-0.25, -0.2) is 19.7 Å². The van der Waals surface area contributed by atoms with E-state index in [0.717, 1.165) is 115 Å². The number of nitrogens with zero attached hydrogens (tertiary/aromatic N) is 10. The van der Waals surface area contributed by atoms with Crippen LogP contribution in [0.1, 0.15) is 28.8 Å². The van der Waals surface area contributed by atoms with E-state index in [-0.39, 0.29) is 18.2 Å². The number of ether oxygens (including phenoxy) is 1. The van der Waals surface area contributed by atoms with Crippen LogP contribution in [0.3, 0.4) is 0 Å². The maximum absolute atomic E-state index is 13.4. The molecule has 0 saturated carbocycles. The smallest absolute Gasteiger partial charge is 0.329 e. The number of piperazine rings is 1. The van der Waals surface area contributed by atoms with Crippen LogP contribution >= 0.6 is 0 Å². The largest absolute Gasteiger partial charge is 0.474 e. The first kappa shape index (κ1) is 36.8. The number of hydrogen-bond acceptors (Lipinski definition) is 13. The molecule has 0 atom stereocenters. The third-order valence-electron chi connectivity index (χ3n) is 12.3. The minimum Gasteiger partial charge on any atom is -0.474 e. The van der Waals surface area contributed by atoms with Crippen molar-refractivity contribution in [2.75, 3.05) is 90.8 Å². The van der Waals surface area contributed by atoms with Crippen molar-refractivity contribution in [2.24, 2.45) is 7.05 Å². The summed E-state index contributed by atoms with van der Waals surface area (Å²) in [6.07, 6.45) is 5.30. The van der Waals surface area contributed by atoms with Crippen molar-refractivity contribution < 1.29 is 19.1 Å². The van der Waals surface area contributed by atoms with E-state index in [1.54, 1.807) is 4.68 Å². The zero-order valence-corrected chi connectivity index (χ0v) is 33.3. The van der Waals surface area contributed by atoms with Gasteiger partial charge >= 0.3 is 6.03 Å². The van der Waals surface area contributed by atoms with Crippen LogP contribution < -0.4 is 35.4 Å². The minimum atomic E-state index is -0.435. The van der Waals surface area contributed by atoms with Crippen LogP contribution in [0.5, 0.6) is 5.88 Å². The normalized spacial score (nSPS) is 18.5. The molecule has 4 amide bonds. The molecule has 0 spiro atoms. The van der Waals surface area contributed by atoms with Crippen LogP contribution in [0, 0.1) is 6.92 Å². The summed E-state index contributed by atoms with van der Waals surface area (Å²) in [4.78, 5) is 62.3. The molecule has 3 fully saturated rings. The Morgan fingerprint density at radius 3 is 2.59 bits per heavy atom. The van der Waals surface area contributed by atoms with Gasteiger partial charge in [0.1, 0.15) is 12.3 Å². The molecule has 304 valence electrons. The number of amides is 4. The summed E-state index contributed by atoms with van der Waals surface area (Å²) in [5.74, 6) is 1.66. The number of imide groups is 1. The van der Waals surface area contributed by atoms with Gasteiger partial charge in [-0.2, -0.15) is 5.10 Å². The van der Waals surface area contributed by atoms with Crippen LogP contribution in [0.2, 0.25) is 0 Å². The van der Waals surface area contributed by atoms with Crippen molar-refractivity contribution in [3.05, 3.63) is 77.2 Å². The third kappa shape index (κ3) is 7.08. The Labute approximate surface area is 341 Å². The predicted molar refractivity (Wildman–Crippen MR) is 224 cm³/mol. The van der Waals surface area contributed by atoms with Crippen molar-refractivity contribution in [3.8, 4) is 5.88 Å². The number of carbonyl (C=O) groups is 3. The fraction of sp³-hybridized carbons (Fsp3) is 0.405. The molecule has 0 aliphatic carbocycles. The topological polar surface area (TPSA) is 169 Å². The Morgan fingerprint density at radius 2 is 1.78 bits per heavy atom. The SMILES string of the molecule is Cc1c(N2CCc3cnc(Nc4ccc(CC(=O)N5CCN(C6CN(c7ccc8c(N9CCC(=O)NC9=O)nn(C)c8c7)C6)CC5)cc4)nc3C2)cnc2c1NCCO2. The van der Waals surface area contributed by atoms with E-state index in [9.17, 15) is 14.4 Å². The molecule has 0 radical (unpaired) electrons. The van der Waals surface area contributed by atoms with Crippen molar-refractivity contribution >= 4 is 63.3 Å². The lowest BCUT2D eigenvalue weighted by Gasteiger charge is -2.49. The molecule has 3 N–H and O–H groups in total. The molecule has 5 aliphatic rings. The van der Waals surface area contributed by atoms with E-state index in [1.807, 2.05) is 54.7 Å². The summed E-state index contributed by atoms with van der Waals surface area (Å²) in [5, 5.41) is 14.7. The fourth-order valence-corrected chi connectivity index (χ4v) is 8.84. The Balaban J connectivity index is 0.696. The maximum Gasteiger partial charge on any atom is 0.329 e. The van der Waals surface area contributed by atoms with E-state index in [2.05, 4.69) is 64.8 Å². The number of pyridine rings is 1. The number of aromatic nitrogens is 5. The standard InChI is InChI=1S/C42H47N13O4/c1-26-35(22-44-40-38(26)43-11-18-59-40)53-12-9-28-21-45-41(47-33(28)25-53)46-29-5-3-27(4-6-29)19-37(57)52-16-14-51(15-17-52)31-23-54(24-31)30-7-8-32-34(20-30)50(2)49-39(32)55-13-10-36(56)48-42(55)58/h3-8,20-22,31,43H,9-19,23-25H2,1-2H3,(H,45,46,47)(H,48,56,58). The fourth-order valence-electron chi connectivity index (χ4n) is 8.84. The molecular weight excluding hydrogens is 751 g/mol. The second kappa shape index (κ2) is 15.0. The van der Waals surface area contributed by atoms with Gasteiger partial charge in [-0.3, -0.25) is 29.4 Å². The number of rotatable bonds is 8. The first-order valence-corrected chi connectivity index (χ1v) is 20.4. The molecule has 5 aromatic rings. The highest BCUT2D eigenvalue weighted by molar-refractivity contribution is 6.09. The van der Waals surface area contributed by atoms with Gasteiger partial charge in [0.15, 0.2) is 5.82 Å². The molecule has 59 heavy (non-hydrogen) atoms. The van der Waals surface area contributed by atoms with Gasteiger partial charge in [0, 0.05) is 107 Å². The summed E-state index contributed by atoms with van der Waals surface area (Å²) in [7, 11) is 1.87. The van der Waals surface area contributed by atoms with Crippen LogP contribution in [-0.4, -0.2) is 124 Å². The van der Waals surface area contributed by atoms with E-state index >= 15 is 0 Å². The van der Waals surface area contributed by atoms with Crippen molar-refractivity contribution in [3.63, 3.8) is 0 Å². The molecule has 17 nitrogen and oxygen atoms in total. The Hall–Kier alpha value is -6.49. The van der Waals surface area contributed by atoms with Crippen molar-refractivity contribution in [1.82, 2.24) is 39.8 Å². The molecule has 10 rings (SSSR count). The molecular formula is C42H47N13O4. The Kier molecular flexibility index (Phi) is 9.38. The number of aryl methyl sites for hydroxylation is 1. The summed E-state index contributed by atoms with van der Waals surface area (Å²) in [6, 6.07) is 14.2. The quantitative estimate of drug-likeness (QED) is 0.210. The van der Waals surface area contributed by atoms with E-state index in [0.29, 0.717) is 49.8 Å². The average Bonchev–Trinajstić information content (AvgIpc) is 3.56. The zero-order valence-electron chi connectivity index (χ0n) is 33.3. The molecule has 0 unspecified atom stereocenters. The lowest BCUT2D eigenvalue weighted by atomic mass is 10.0. The Morgan fingerprint density at radius 1 is 0.949 bits per heavy atom. The van der Waals surface area contributed by atoms with Gasteiger partial charge in [-0.15, -0.1) is 0 Å². The minimum absolute atomic E-state index is 0.147. The number of nitrogens with one attached hydrogen (secondary N) is 3. The first-order chi connectivity index (χ1) is 28.7. The summed E-state index contributed by atoms with van der Waals surface area (Å²) in [5.41, 5.74) is 9.23. The van der Waals surface area contributed by atoms with Crippen molar-refractivity contribution in [2.45, 2.75) is 38.8 Å². The van der Waals surface area contributed by atoms with Gasteiger partial charge in [0.25, 0.3) is 0 Å². The zero-order chi connectivity index (χ0) is 40.2. The summed E-state index contributed by atoms with van der Waals surface area (Å²) >= 11 is 0. The third-order valence-corrected chi connectivity index (χ3v) is 12.3. The van der Waals surface area contributed by atoms with E-state index < -0.39 is 6.03 Å². The lowest BCUT2D eigenvalue weighted by molar-refractivity contribution is -0.132. The van der Waals surface area contributed by atoms with Gasteiger partial charge in [0.2, 0.25) is 23.6 Å². The maximum atomic E-state index is 13.4. The van der Waals surface area contributed by atoms with Crippen LogP contribution in [0.15, 0.2) is 54.9 Å². The number of anilines is 6. The molecule has 8 heterocycles. The van der Waals surface area contributed by atoms with Gasteiger partial charge < -0.3 is 30.1 Å². The number of carbonyl (C=O) groups excluding carboxylic acids is 3. The van der Waals surface area contributed by atoms with Gasteiger partial charge in [-0.05, 0) is 54.8 Å². The van der Waals surface area contributed by atoms with E-state index in [1.165, 1.54) is 4.90 Å². The number of benzene rings is 2. The summed E-state index contributed by atoms with van der Waals surface area (Å²) in [6.45, 7) is 10.3. The number of urea groups is 1. The van der Waals surface area contributed by atoms with Crippen LogP contribution in [0.25, 0.3) is 10.9 Å². The molecule has 0 bridgehead atoms. The highest BCUT2D eigenvalue weighted by Crippen LogP contribution is 2.37. The van der Waals surface area contributed by atoms with Crippen LogP contribution in [0.4, 0.5) is 39.3 Å². The first-order valence-electron chi connectivity index (χ1n) is 20.4. The van der Waals surface area contributed by atoms with Crippen LogP contribution in [-0.2, 0) is 36.0 Å². The van der Waals surface area contributed by atoms with E-state index in [4.69, 9.17) is 9.72 Å². The second-order valence-corrected chi connectivity index (χ2v) is 15.9.